The minimum Gasteiger partial charge on any atom is -0.0620 e. The molecule has 4 aromatic carbocycles. The van der Waals surface area contributed by atoms with Gasteiger partial charge in [0.05, 0.1) is 0 Å². The number of aryl methyl sites for hydroxylation is 2. The van der Waals surface area contributed by atoms with Crippen LogP contribution in [0.4, 0.5) is 0 Å². The first kappa shape index (κ1) is 15.7. The van der Waals surface area contributed by atoms with Crippen LogP contribution in [0.2, 0.25) is 0 Å². The van der Waals surface area contributed by atoms with E-state index < -0.39 is 0 Å². The van der Waals surface area contributed by atoms with Gasteiger partial charge in [-0.2, -0.15) is 0 Å². The van der Waals surface area contributed by atoms with Crippen molar-refractivity contribution in [2.75, 3.05) is 0 Å². The fourth-order valence-electron chi connectivity index (χ4n) is 3.65. The lowest BCUT2D eigenvalue weighted by atomic mass is 9.89. The van der Waals surface area contributed by atoms with Crippen molar-refractivity contribution in [2.45, 2.75) is 20.8 Å². The van der Waals surface area contributed by atoms with Crippen LogP contribution in [-0.4, -0.2) is 0 Å². The Hall–Kier alpha value is -2.86. The molecule has 0 aromatic heterocycles. The molecular formula is C25H22. The Morgan fingerprint density at radius 2 is 1.20 bits per heavy atom. The Labute approximate surface area is 149 Å². The molecule has 0 amide bonds. The monoisotopic (exact) mass is 322 g/mol. The predicted molar refractivity (Wildman–Crippen MR) is 109 cm³/mol. The van der Waals surface area contributed by atoms with Crippen molar-refractivity contribution in [3.63, 3.8) is 0 Å². The summed E-state index contributed by atoms with van der Waals surface area (Å²) in [5.41, 5.74) is 9.27. The molecule has 0 fully saturated rings. The molecule has 0 atom stereocenters. The zero-order valence-electron chi connectivity index (χ0n) is 15.0. The summed E-state index contributed by atoms with van der Waals surface area (Å²) >= 11 is 0. The predicted octanol–water partition coefficient (Wildman–Crippen LogP) is 7.10. The molecular weight excluding hydrogens is 300 g/mol. The van der Waals surface area contributed by atoms with Crippen molar-refractivity contribution in [3.05, 3.63) is 95.6 Å². The third kappa shape index (κ3) is 2.74. The summed E-state index contributed by atoms with van der Waals surface area (Å²) in [6.07, 6.45) is 0. The van der Waals surface area contributed by atoms with Gasteiger partial charge in [-0.15, -0.1) is 0 Å². The van der Waals surface area contributed by atoms with E-state index in [9.17, 15) is 0 Å². The zero-order chi connectivity index (χ0) is 17.4. The Morgan fingerprint density at radius 1 is 0.520 bits per heavy atom. The molecule has 0 spiro atoms. The van der Waals surface area contributed by atoms with Gasteiger partial charge < -0.3 is 0 Å². The van der Waals surface area contributed by atoms with E-state index in [0.29, 0.717) is 0 Å². The fraction of sp³-hybridized carbons (Fsp3) is 0.120. The lowest BCUT2D eigenvalue weighted by Gasteiger charge is -2.16. The van der Waals surface area contributed by atoms with Gasteiger partial charge in [-0.1, -0.05) is 72.8 Å². The summed E-state index contributed by atoms with van der Waals surface area (Å²) in [4.78, 5) is 0. The normalized spacial score (nSPS) is 11.0. The van der Waals surface area contributed by atoms with Gasteiger partial charge in [-0.3, -0.25) is 0 Å². The van der Waals surface area contributed by atoms with Crippen molar-refractivity contribution in [3.8, 4) is 22.3 Å². The van der Waals surface area contributed by atoms with Gasteiger partial charge in [0.15, 0.2) is 0 Å². The minimum atomic E-state index is 1.29. The molecule has 0 nitrogen and oxygen atoms in total. The average Bonchev–Trinajstić information content (AvgIpc) is 2.64. The maximum absolute atomic E-state index is 2.35. The van der Waals surface area contributed by atoms with E-state index in [2.05, 4.69) is 99.6 Å². The molecule has 0 bridgehead atoms. The van der Waals surface area contributed by atoms with Gasteiger partial charge in [0.2, 0.25) is 0 Å². The van der Waals surface area contributed by atoms with Crippen LogP contribution >= 0.6 is 0 Å². The SMILES string of the molecule is Cc1ccccc1-c1cc(-c2cccc3ccccc23)cc(C)c1C. The molecule has 0 N–H and O–H groups in total. The Kier molecular flexibility index (Phi) is 3.89. The second-order valence-electron chi connectivity index (χ2n) is 6.81. The number of benzene rings is 4. The topological polar surface area (TPSA) is 0 Å². The van der Waals surface area contributed by atoms with Crippen molar-refractivity contribution in [2.24, 2.45) is 0 Å². The second kappa shape index (κ2) is 6.22. The lowest BCUT2D eigenvalue weighted by Crippen LogP contribution is -1.92. The smallest absolute Gasteiger partial charge is 0.0105 e. The standard InChI is InChI=1S/C25H22/c1-17-9-4-6-12-22(17)25-16-21(15-18(2)19(25)3)24-14-8-11-20-10-5-7-13-23(20)24/h4-16H,1-3H3. The Balaban J connectivity index is 1.99. The minimum absolute atomic E-state index is 1.29. The van der Waals surface area contributed by atoms with E-state index in [1.165, 1.54) is 49.7 Å². The highest BCUT2D eigenvalue weighted by molar-refractivity contribution is 5.97. The van der Waals surface area contributed by atoms with Crippen molar-refractivity contribution in [1.29, 1.82) is 0 Å². The molecule has 0 aliphatic carbocycles. The third-order valence-corrected chi connectivity index (χ3v) is 5.20. The van der Waals surface area contributed by atoms with Crippen molar-refractivity contribution < 1.29 is 0 Å². The maximum Gasteiger partial charge on any atom is -0.0105 e. The maximum atomic E-state index is 2.35. The van der Waals surface area contributed by atoms with E-state index in [4.69, 9.17) is 0 Å². The van der Waals surface area contributed by atoms with Crippen LogP contribution < -0.4 is 0 Å². The molecule has 25 heavy (non-hydrogen) atoms. The second-order valence-corrected chi connectivity index (χ2v) is 6.81. The van der Waals surface area contributed by atoms with Crippen molar-refractivity contribution in [1.82, 2.24) is 0 Å². The Morgan fingerprint density at radius 3 is 2.04 bits per heavy atom. The molecule has 0 heteroatoms. The highest BCUT2D eigenvalue weighted by Crippen LogP contribution is 2.35. The summed E-state index contributed by atoms with van der Waals surface area (Å²) in [5, 5.41) is 2.60. The molecule has 0 heterocycles. The first-order valence-electron chi connectivity index (χ1n) is 8.80. The van der Waals surface area contributed by atoms with E-state index in [0.717, 1.165) is 0 Å². The fourth-order valence-corrected chi connectivity index (χ4v) is 3.65. The number of hydrogen-bond acceptors (Lipinski definition) is 0. The van der Waals surface area contributed by atoms with Crippen LogP contribution in [0.1, 0.15) is 16.7 Å². The van der Waals surface area contributed by atoms with E-state index in [-0.39, 0.29) is 0 Å². The van der Waals surface area contributed by atoms with Crippen LogP contribution in [0.5, 0.6) is 0 Å². The van der Waals surface area contributed by atoms with Crippen LogP contribution in [0, 0.1) is 20.8 Å². The quantitative estimate of drug-likeness (QED) is 0.369. The third-order valence-electron chi connectivity index (χ3n) is 5.20. The molecule has 0 saturated heterocycles. The van der Waals surface area contributed by atoms with Gasteiger partial charge >= 0.3 is 0 Å². The summed E-state index contributed by atoms with van der Waals surface area (Å²) in [5.74, 6) is 0. The summed E-state index contributed by atoms with van der Waals surface area (Å²) in [6, 6.07) is 28.5. The Bertz CT molecular complexity index is 1070. The molecule has 0 radical (unpaired) electrons. The summed E-state index contributed by atoms with van der Waals surface area (Å²) in [7, 11) is 0. The first-order valence-corrected chi connectivity index (χ1v) is 8.80. The zero-order valence-corrected chi connectivity index (χ0v) is 15.0. The van der Waals surface area contributed by atoms with Crippen LogP contribution in [-0.2, 0) is 0 Å². The summed E-state index contributed by atoms with van der Waals surface area (Å²) in [6.45, 7) is 6.63. The van der Waals surface area contributed by atoms with Crippen LogP contribution in [0.3, 0.4) is 0 Å². The van der Waals surface area contributed by atoms with Gasteiger partial charge in [0, 0.05) is 0 Å². The van der Waals surface area contributed by atoms with Gasteiger partial charge in [-0.25, -0.2) is 0 Å². The van der Waals surface area contributed by atoms with E-state index >= 15 is 0 Å². The van der Waals surface area contributed by atoms with E-state index in [1.807, 2.05) is 0 Å². The molecule has 0 aliphatic heterocycles. The van der Waals surface area contributed by atoms with Crippen LogP contribution in [0.15, 0.2) is 78.9 Å². The van der Waals surface area contributed by atoms with Gasteiger partial charge in [0.1, 0.15) is 0 Å². The van der Waals surface area contributed by atoms with Gasteiger partial charge in [-0.05, 0) is 76.6 Å². The largest absolute Gasteiger partial charge is 0.0620 e. The first-order chi connectivity index (χ1) is 12.1. The molecule has 122 valence electrons. The highest BCUT2D eigenvalue weighted by Gasteiger charge is 2.11. The number of rotatable bonds is 2. The van der Waals surface area contributed by atoms with Gasteiger partial charge in [0.25, 0.3) is 0 Å². The number of hydrogen-bond donors (Lipinski definition) is 0. The molecule has 4 aromatic rings. The highest BCUT2D eigenvalue weighted by atomic mass is 14.2. The molecule has 0 aliphatic rings. The molecule has 4 rings (SSSR count). The summed E-state index contributed by atoms with van der Waals surface area (Å²) < 4.78 is 0. The number of fused-ring (bicyclic) bond motifs is 1. The average molecular weight is 322 g/mol. The van der Waals surface area contributed by atoms with E-state index in [1.54, 1.807) is 0 Å². The molecule has 0 unspecified atom stereocenters. The van der Waals surface area contributed by atoms with Crippen LogP contribution in [0.25, 0.3) is 33.0 Å². The lowest BCUT2D eigenvalue weighted by molar-refractivity contribution is 1.33. The van der Waals surface area contributed by atoms with Crippen molar-refractivity contribution >= 4 is 10.8 Å². The molecule has 0 saturated carbocycles.